The Balaban J connectivity index is 3.04. The van der Waals surface area contributed by atoms with Crippen molar-refractivity contribution in [1.29, 1.82) is 0 Å². The molecule has 0 amide bonds. The van der Waals surface area contributed by atoms with E-state index in [2.05, 4.69) is 15.9 Å². The maximum Gasteiger partial charge on any atom is 0.142 e. The Labute approximate surface area is 78.7 Å². The van der Waals surface area contributed by atoms with E-state index in [1.165, 1.54) is 6.08 Å². The Morgan fingerprint density at radius 1 is 1.42 bits per heavy atom. The molecule has 0 fully saturated rings. The molecule has 0 aliphatic carbocycles. The topological polar surface area (TPSA) is 37.3 Å². The lowest BCUT2D eigenvalue weighted by Gasteiger charge is -1.97. The van der Waals surface area contributed by atoms with E-state index in [0.717, 1.165) is 10.0 Å². The molecule has 0 aliphatic rings. The van der Waals surface area contributed by atoms with Gasteiger partial charge in [0.15, 0.2) is 0 Å². The molecule has 1 aromatic rings. The second-order valence-corrected chi connectivity index (χ2v) is 3.06. The van der Waals surface area contributed by atoms with Gasteiger partial charge in [-0.25, -0.2) is 0 Å². The van der Waals surface area contributed by atoms with Crippen LogP contribution >= 0.6 is 15.9 Å². The maximum absolute atomic E-state index is 10.0. The largest absolute Gasteiger partial charge is 0.508 e. The van der Waals surface area contributed by atoms with Gasteiger partial charge in [0.1, 0.15) is 12.0 Å². The standard InChI is InChI=1S/C9H7BrO2/c10-9-4-3-8(12)6-7(9)2-1-5-11/h1-6,12H/b2-1+. The molecule has 0 saturated carbocycles. The van der Waals surface area contributed by atoms with Crippen molar-refractivity contribution >= 4 is 28.3 Å². The first-order chi connectivity index (χ1) is 5.74. The number of hydrogen-bond acceptors (Lipinski definition) is 2. The lowest BCUT2D eigenvalue weighted by Crippen LogP contribution is -1.75. The first-order valence-corrected chi connectivity index (χ1v) is 4.13. The highest BCUT2D eigenvalue weighted by atomic mass is 79.9. The molecule has 62 valence electrons. The van der Waals surface area contributed by atoms with Crippen molar-refractivity contribution < 1.29 is 9.90 Å². The highest BCUT2D eigenvalue weighted by Gasteiger charge is 1.95. The minimum atomic E-state index is 0.184. The number of carbonyl (C=O) groups is 1. The summed E-state index contributed by atoms with van der Waals surface area (Å²) in [6, 6.07) is 4.87. The summed E-state index contributed by atoms with van der Waals surface area (Å²) in [6.45, 7) is 0. The normalized spacial score (nSPS) is 10.4. The highest BCUT2D eigenvalue weighted by Crippen LogP contribution is 2.22. The number of carbonyl (C=O) groups excluding carboxylic acids is 1. The highest BCUT2D eigenvalue weighted by molar-refractivity contribution is 9.10. The number of benzene rings is 1. The molecule has 0 atom stereocenters. The molecular formula is C9H7BrO2. The molecule has 3 heteroatoms. The van der Waals surface area contributed by atoms with Crippen LogP contribution in [0.3, 0.4) is 0 Å². The first kappa shape index (κ1) is 9.00. The van der Waals surface area contributed by atoms with E-state index in [9.17, 15) is 4.79 Å². The van der Waals surface area contributed by atoms with E-state index in [0.29, 0.717) is 6.29 Å². The van der Waals surface area contributed by atoms with Crippen molar-refractivity contribution in [2.75, 3.05) is 0 Å². The van der Waals surface area contributed by atoms with Crippen molar-refractivity contribution in [3.05, 3.63) is 34.3 Å². The van der Waals surface area contributed by atoms with Crippen LogP contribution in [0.25, 0.3) is 6.08 Å². The summed E-state index contributed by atoms with van der Waals surface area (Å²) in [5.74, 6) is 0.184. The zero-order chi connectivity index (χ0) is 8.97. The Morgan fingerprint density at radius 3 is 2.83 bits per heavy atom. The number of aromatic hydroxyl groups is 1. The number of halogens is 1. The van der Waals surface area contributed by atoms with Crippen LogP contribution < -0.4 is 0 Å². The average Bonchev–Trinajstić information content (AvgIpc) is 2.07. The van der Waals surface area contributed by atoms with Crippen molar-refractivity contribution in [2.24, 2.45) is 0 Å². The smallest absolute Gasteiger partial charge is 0.142 e. The third-order valence-electron chi connectivity index (χ3n) is 1.33. The lowest BCUT2D eigenvalue weighted by atomic mass is 10.2. The van der Waals surface area contributed by atoms with Crippen molar-refractivity contribution in [3.63, 3.8) is 0 Å². The summed E-state index contributed by atoms with van der Waals surface area (Å²) in [7, 11) is 0. The van der Waals surface area contributed by atoms with Crippen LogP contribution in [0.4, 0.5) is 0 Å². The van der Waals surface area contributed by atoms with Gasteiger partial charge in [-0.15, -0.1) is 0 Å². The summed E-state index contributed by atoms with van der Waals surface area (Å²) in [6.07, 6.45) is 3.69. The van der Waals surface area contributed by atoms with Gasteiger partial charge in [0.25, 0.3) is 0 Å². The van der Waals surface area contributed by atoms with E-state index in [1.54, 1.807) is 24.3 Å². The Kier molecular flexibility index (Phi) is 3.05. The van der Waals surface area contributed by atoms with Crippen molar-refractivity contribution in [1.82, 2.24) is 0 Å². The number of allylic oxidation sites excluding steroid dienone is 1. The number of phenolic OH excluding ortho intramolecular Hbond substituents is 1. The van der Waals surface area contributed by atoms with Gasteiger partial charge in [-0.3, -0.25) is 4.79 Å². The monoisotopic (exact) mass is 226 g/mol. The Morgan fingerprint density at radius 2 is 2.17 bits per heavy atom. The van der Waals surface area contributed by atoms with E-state index >= 15 is 0 Å². The second-order valence-electron chi connectivity index (χ2n) is 2.20. The summed E-state index contributed by atoms with van der Waals surface area (Å²) >= 11 is 3.28. The van der Waals surface area contributed by atoms with Crippen molar-refractivity contribution in [3.8, 4) is 5.75 Å². The summed E-state index contributed by atoms with van der Waals surface area (Å²) in [4.78, 5) is 10.0. The quantitative estimate of drug-likeness (QED) is 0.622. The van der Waals surface area contributed by atoms with Crippen LogP contribution in [0, 0.1) is 0 Å². The van der Waals surface area contributed by atoms with Gasteiger partial charge < -0.3 is 5.11 Å². The zero-order valence-electron chi connectivity index (χ0n) is 6.20. The van der Waals surface area contributed by atoms with Gasteiger partial charge in [-0.1, -0.05) is 22.0 Å². The van der Waals surface area contributed by atoms with Crippen LogP contribution in [0.5, 0.6) is 5.75 Å². The molecule has 0 radical (unpaired) electrons. The molecule has 0 heterocycles. The fourth-order valence-corrected chi connectivity index (χ4v) is 1.18. The molecule has 0 bridgehead atoms. The molecule has 12 heavy (non-hydrogen) atoms. The lowest BCUT2D eigenvalue weighted by molar-refractivity contribution is -0.104. The maximum atomic E-state index is 10.0. The van der Waals surface area contributed by atoms with Crippen LogP contribution in [0.1, 0.15) is 5.56 Å². The predicted octanol–water partition coefficient (Wildman–Crippen LogP) is 2.37. The first-order valence-electron chi connectivity index (χ1n) is 3.34. The van der Waals surface area contributed by atoms with Gasteiger partial charge in [-0.2, -0.15) is 0 Å². The van der Waals surface area contributed by atoms with E-state index in [-0.39, 0.29) is 5.75 Å². The molecule has 0 saturated heterocycles. The molecule has 0 aromatic heterocycles. The van der Waals surface area contributed by atoms with Gasteiger partial charge in [0.05, 0.1) is 0 Å². The van der Waals surface area contributed by atoms with E-state index in [1.807, 2.05) is 0 Å². The number of aldehydes is 1. The number of hydrogen-bond donors (Lipinski definition) is 1. The number of phenols is 1. The fourth-order valence-electron chi connectivity index (χ4n) is 0.802. The van der Waals surface area contributed by atoms with Crippen LogP contribution in [-0.2, 0) is 4.79 Å². The van der Waals surface area contributed by atoms with Crippen LogP contribution in [0.2, 0.25) is 0 Å². The van der Waals surface area contributed by atoms with Crippen LogP contribution in [0.15, 0.2) is 28.7 Å². The molecule has 1 rings (SSSR count). The third-order valence-corrected chi connectivity index (χ3v) is 2.06. The van der Waals surface area contributed by atoms with Crippen LogP contribution in [-0.4, -0.2) is 11.4 Å². The minimum Gasteiger partial charge on any atom is -0.508 e. The second kappa shape index (κ2) is 4.07. The molecule has 1 N–H and O–H groups in total. The van der Waals surface area contributed by atoms with Crippen molar-refractivity contribution in [2.45, 2.75) is 0 Å². The fraction of sp³-hybridized carbons (Fsp3) is 0. The van der Waals surface area contributed by atoms with Gasteiger partial charge in [0, 0.05) is 4.47 Å². The summed E-state index contributed by atoms with van der Waals surface area (Å²) in [5, 5.41) is 9.09. The molecule has 1 aromatic carbocycles. The molecular weight excluding hydrogens is 220 g/mol. The van der Waals surface area contributed by atoms with Gasteiger partial charge in [-0.05, 0) is 29.8 Å². The number of rotatable bonds is 2. The zero-order valence-corrected chi connectivity index (χ0v) is 7.78. The SMILES string of the molecule is O=C/C=C/c1cc(O)ccc1Br. The predicted molar refractivity (Wildman–Crippen MR) is 50.9 cm³/mol. The summed E-state index contributed by atoms with van der Waals surface area (Å²) < 4.78 is 0.846. The molecule has 0 spiro atoms. The van der Waals surface area contributed by atoms with E-state index < -0.39 is 0 Å². The molecule has 2 nitrogen and oxygen atoms in total. The summed E-state index contributed by atoms with van der Waals surface area (Å²) in [5.41, 5.74) is 0.780. The van der Waals surface area contributed by atoms with E-state index in [4.69, 9.17) is 5.11 Å². The molecule has 0 unspecified atom stereocenters. The Bertz CT molecular complexity index is 318. The minimum absolute atomic E-state index is 0.184. The third kappa shape index (κ3) is 2.20. The molecule has 0 aliphatic heterocycles. The van der Waals surface area contributed by atoms with Gasteiger partial charge >= 0.3 is 0 Å². The average molecular weight is 227 g/mol. The van der Waals surface area contributed by atoms with Gasteiger partial charge in [0.2, 0.25) is 0 Å². The Hall–Kier alpha value is -1.09.